The van der Waals surface area contributed by atoms with E-state index in [1.54, 1.807) is 14.2 Å². The van der Waals surface area contributed by atoms with Gasteiger partial charge in [-0.25, -0.2) is 0 Å². The van der Waals surface area contributed by atoms with Crippen molar-refractivity contribution in [1.82, 2.24) is 4.90 Å². The monoisotopic (exact) mass is 397 g/mol. The SMILES string of the molecule is COc1ccc(NC(N)=NCCCN2CCN(c3ccccc3)CC2)cc1OC. The second kappa shape index (κ2) is 10.6. The summed E-state index contributed by atoms with van der Waals surface area (Å²) < 4.78 is 10.5. The average Bonchev–Trinajstić information content (AvgIpc) is 2.77. The van der Waals surface area contributed by atoms with Crippen LogP contribution in [0.3, 0.4) is 0 Å². The largest absolute Gasteiger partial charge is 0.493 e. The molecule has 0 amide bonds. The van der Waals surface area contributed by atoms with Gasteiger partial charge in [-0.15, -0.1) is 0 Å². The summed E-state index contributed by atoms with van der Waals surface area (Å²) in [5.74, 6) is 1.74. The summed E-state index contributed by atoms with van der Waals surface area (Å²) in [5, 5.41) is 3.10. The zero-order valence-corrected chi connectivity index (χ0v) is 17.3. The van der Waals surface area contributed by atoms with Gasteiger partial charge in [0.25, 0.3) is 0 Å². The summed E-state index contributed by atoms with van der Waals surface area (Å²) in [4.78, 5) is 9.38. The van der Waals surface area contributed by atoms with Crippen LogP contribution in [0.4, 0.5) is 11.4 Å². The van der Waals surface area contributed by atoms with E-state index in [-0.39, 0.29) is 0 Å². The Morgan fingerprint density at radius 3 is 2.41 bits per heavy atom. The Hall–Kier alpha value is -2.93. The van der Waals surface area contributed by atoms with Gasteiger partial charge in [0, 0.05) is 56.7 Å². The van der Waals surface area contributed by atoms with E-state index in [9.17, 15) is 0 Å². The fraction of sp³-hybridized carbons (Fsp3) is 0.409. The van der Waals surface area contributed by atoms with Gasteiger partial charge in [0.05, 0.1) is 14.2 Å². The molecule has 2 aromatic rings. The molecule has 0 atom stereocenters. The molecule has 0 aliphatic carbocycles. The lowest BCUT2D eigenvalue weighted by atomic mass is 10.2. The molecular formula is C22H31N5O2. The zero-order valence-electron chi connectivity index (χ0n) is 17.3. The standard InChI is InChI=1S/C22H31N5O2/c1-28-20-10-9-18(17-21(20)29-2)25-22(23)24-11-6-12-26-13-15-27(16-14-26)19-7-4-3-5-8-19/h3-5,7-10,17H,6,11-16H2,1-2H3,(H3,23,24,25). The lowest BCUT2D eigenvalue weighted by molar-refractivity contribution is 0.256. The molecule has 3 N–H and O–H groups in total. The van der Waals surface area contributed by atoms with Gasteiger partial charge in [-0.1, -0.05) is 18.2 Å². The van der Waals surface area contributed by atoms with E-state index in [2.05, 4.69) is 50.4 Å². The number of ether oxygens (including phenoxy) is 2. The summed E-state index contributed by atoms with van der Waals surface area (Å²) in [6.07, 6.45) is 0.986. The number of nitrogens with zero attached hydrogens (tertiary/aromatic N) is 3. The van der Waals surface area contributed by atoms with Gasteiger partial charge >= 0.3 is 0 Å². The van der Waals surface area contributed by atoms with Crippen LogP contribution in [-0.4, -0.2) is 64.3 Å². The highest BCUT2D eigenvalue weighted by Crippen LogP contribution is 2.29. The number of hydrogen-bond donors (Lipinski definition) is 2. The van der Waals surface area contributed by atoms with Crippen molar-refractivity contribution in [1.29, 1.82) is 0 Å². The Morgan fingerprint density at radius 2 is 1.72 bits per heavy atom. The molecule has 29 heavy (non-hydrogen) atoms. The minimum absolute atomic E-state index is 0.408. The molecule has 7 nitrogen and oxygen atoms in total. The summed E-state index contributed by atoms with van der Waals surface area (Å²) >= 11 is 0. The van der Waals surface area contributed by atoms with Crippen LogP contribution in [0, 0.1) is 0 Å². The van der Waals surface area contributed by atoms with E-state index in [1.165, 1.54) is 5.69 Å². The fourth-order valence-electron chi connectivity index (χ4n) is 3.46. The Labute approximate surface area is 173 Å². The second-order valence-electron chi connectivity index (χ2n) is 6.98. The summed E-state index contributed by atoms with van der Waals surface area (Å²) in [5.41, 5.74) is 8.15. The molecule has 1 aliphatic heterocycles. The summed E-state index contributed by atoms with van der Waals surface area (Å²) in [6.45, 7) is 6.03. The van der Waals surface area contributed by atoms with Crippen molar-refractivity contribution in [3.8, 4) is 11.5 Å². The highest BCUT2D eigenvalue weighted by molar-refractivity contribution is 5.92. The van der Waals surface area contributed by atoms with Gasteiger partial charge in [-0.2, -0.15) is 0 Å². The van der Waals surface area contributed by atoms with Crippen LogP contribution < -0.4 is 25.4 Å². The number of guanidine groups is 1. The van der Waals surface area contributed by atoms with Gasteiger partial charge < -0.3 is 25.4 Å². The molecule has 3 rings (SSSR count). The number of aliphatic imine (C=N–C) groups is 1. The third-order valence-corrected chi connectivity index (χ3v) is 5.06. The number of rotatable bonds is 8. The lowest BCUT2D eigenvalue weighted by Gasteiger charge is -2.36. The molecule has 0 spiro atoms. The maximum atomic E-state index is 6.02. The van der Waals surface area contributed by atoms with Crippen LogP contribution >= 0.6 is 0 Å². The van der Waals surface area contributed by atoms with Crippen LogP contribution in [0.15, 0.2) is 53.5 Å². The van der Waals surface area contributed by atoms with Crippen molar-refractivity contribution in [2.45, 2.75) is 6.42 Å². The van der Waals surface area contributed by atoms with Gasteiger partial charge in [-0.3, -0.25) is 9.89 Å². The van der Waals surface area contributed by atoms with E-state index in [0.717, 1.165) is 44.8 Å². The molecule has 0 unspecified atom stereocenters. The molecule has 0 saturated carbocycles. The number of nitrogens with two attached hydrogens (primary N) is 1. The molecule has 156 valence electrons. The second-order valence-corrected chi connectivity index (χ2v) is 6.98. The van der Waals surface area contributed by atoms with Gasteiger partial charge in [-0.05, 0) is 30.7 Å². The van der Waals surface area contributed by atoms with Crippen molar-refractivity contribution >= 4 is 17.3 Å². The molecule has 1 saturated heterocycles. The molecule has 0 radical (unpaired) electrons. The number of para-hydroxylation sites is 1. The first-order chi connectivity index (χ1) is 14.2. The fourth-order valence-corrected chi connectivity index (χ4v) is 3.46. The Kier molecular flexibility index (Phi) is 7.58. The first kappa shape index (κ1) is 20.8. The van der Waals surface area contributed by atoms with E-state index < -0.39 is 0 Å². The van der Waals surface area contributed by atoms with Crippen molar-refractivity contribution in [3.05, 3.63) is 48.5 Å². The average molecular weight is 398 g/mol. The van der Waals surface area contributed by atoms with E-state index >= 15 is 0 Å². The van der Waals surface area contributed by atoms with E-state index in [1.807, 2.05) is 18.2 Å². The third-order valence-electron chi connectivity index (χ3n) is 5.06. The molecule has 7 heteroatoms. The predicted molar refractivity (Wildman–Crippen MR) is 119 cm³/mol. The van der Waals surface area contributed by atoms with Gasteiger partial charge in [0.15, 0.2) is 17.5 Å². The van der Waals surface area contributed by atoms with Crippen LogP contribution in [0.25, 0.3) is 0 Å². The maximum absolute atomic E-state index is 6.02. The predicted octanol–water partition coefficient (Wildman–Crippen LogP) is 2.64. The molecule has 1 heterocycles. The number of methoxy groups -OCH3 is 2. The highest BCUT2D eigenvalue weighted by Gasteiger charge is 2.16. The number of nitrogens with one attached hydrogen (secondary N) is 1. The Bertz CT molecular complexity index is 789. The number of benzene rings is 2. The van der Waals surface area contributed by atoms with Gasteiger partial charge in [0.2, 0.25) is 0 Å². The highest BCUT2D eigenvalue weighted by atomic mass is 16.5. The molecule has 0 aromatic heterocycles. The Morgan fingerprint density at radius 1 is 1.00 bits per heavy atom. The topological polar surface area (TPSA) is 75.4 Å². The van der Waals surface area contributed by atoms with Crippen molar-refractivity contribution in [2.75, 3.05) is 63.7 Å². The quantitative estimate of drug-likeness (QED) is 0.405. The minimum Gasteiger partial charge on any atom is -0.493 e. The normalized spacial score (nSPS) is 15.2. The zero-order chi connectivity index (χ0) is 20.5. The Balaban J connectivity index is 1.38. The maximum Gasteiger partial charge on any atom is 0.193 e. The first-order valence-corrected chi connectivity index (χ1v) is 10.0. The lowest BCUT2D eigenvalue weighted by Crippen LogP contribution is -2.46. The van der Waals surface area contributed by atoms with Crippen molar-refractivity contribution in [2.24, 2.45) is 10.7 Å². The number of hydrogen-bond acceptors (Lipinski definition) is 5. The molecule has 1 aliphatic rings. The number of piperazine rings is 1. The van der Waals surface area contributed by atoms with Crippen LogP contribution in [0.5, 0.6) is 11.5 Å². The molecule has 1 fully saturated rings. The van der Waals surface area contributed by atoms with Crippen LogP contribution in [-0.2, 0) is 0 Å². The third kappa shape index (κ3) is 6.02. The smallest absolute Gasteiger partial charge is 0.193 e. The summed E-state index contributed by atoms with van der Waals surface area (Å²) in [6, 6.07) is 16.2. The van der Waals surface area contributed by atoms with Crippen molar-refractivity contribution < 1.29 is 9.47 Å². The molecule has 2 aromatic carbocycles. The summed E-state index contributed by atoms with van der Waals surface area (Å²) in [7, 11) is 3.22. The first-order valence-electron chi connectivity index (χ1n) is 10.0. The van der Waals surface area contributed by atoms with Crippen LogP contribution in [0.1, 0.15) is 6.42 Å². The van der Waals surface area contributed by atoms with Gasteiger partial charge in [0.1, 0.15) is 0 Å². The van der Waals surface area contributed by atoms with E-state index in [4.69, 9.17) is 15.2 Å². The minimum atomic E-state index is 0.408. The van der Waals surface area contributed by atoms with Crippen molar-refractivity contribution in [3.63, 3.8) is 0 Å². The van der Waals surface area contributed by atoms with Crippen LogP contribution in [0.2, 0.25) is 0 Å². The molecule has 0 bridgehead atoms. The molecular weight excluding hydrogens is 366 g/mol. The van der Waals surface area contributed by atoms with E-state index in [0.29, 0.717) is 24.0 Å². The number of anilines is 2.